The van der Waals surface area contributed by atoms with E-state index in [0.29, 0.717) is 40.5 Å². The summed E-state index contributed by atoms with van der Waals surface area (Å²) in [7, 11) is 4.66. The van der Waals surface area contributed by atoms with Gasteiger partial charge in [-0.05, 0) is 48.4 Å². The summed E-state index contributed by atoms with van der Waals surface area (Å²) in [6.45, 7) is 1.94. The Balaban J connectivity index is 2.45. The second kappa shape index (κ2) is 8.24. The summed E-state index contributed by atoms with van der Waals surface area (Å²) < 4.78 is 15.8. The fraction of sp³-hybridized carbons (Fsp3) is 0.250. The van der Waals surface area contributed by atoms with Crippen LogP contribution in [0.2, 0.25) is 0 Å². The summed E-state index contributed by atoms with van der Waals surface area (Å²) in [5, 5.41) is 0. The summed E-state index contributed by atoms with van der Waals surface area (Å²) in [4.78, 5) is 13.0. The number of methoxy groups -OCH3 is 3. The molecule has 2 aromatic carbocycles. The van der Waals surface area contributed by atoms with Crippen molar-refractivity contribution in [2.45, 2.75) is 13.3 Å². The van der Waals surface area contributed by atoms with Gasteiger partial charge in [0.25, 0.3) is 0 Å². The number of carbonyl (C=O) groups is 1. The van der Waals surface area contributed by atoms with Gasteiger partial charge >= 0.3 is 0 Å². The van der Waals surface area contributed by atoms with Crippen LogP contribution in [0.3, 0.4) is 0 Å². The number of rotatable bonds is 7. The van der Waals surface area contributed by atoms with Gasteiger partial charge in [-0.3, -0.25) is 4.79 Å². The monoisotopic (exact) mass is 341 g/mol. The highest BCUT2D eigenvalue weighted by atomic mass is 16.5. The smallest absolute Gasteiger partial charge is 0.192 e. The first-order chi connectivity index (χ1) is 12.0. The Hall–Kier alpha value is -2.95. The second-order valence-corrected chi connectivity index (χ2v) is 5.42. The van der Waals surface area contributed by atoms with Crippen molar-refractivity contribution in [1.29, 1.82) is 0 Å². The lowest BCUT2D eigenvalue weighted by atomic mass is 9.98. The van der Waals surface area contributed by atoms with Crippen LogP contribution in [0.15, 0.2) is 42.0 Å². The molecule has 0 fully saturated rings. The van der Waals surface area contributed by atoms with Crippen LogP contribution in [0.4, 0.5) is 5.69 Å². The number of ketones is 1. The van der Waals surface area contributed by atoms with Crippen molar-refractivity contribution in [3.63, 3.8) is 0 Å². The van der Waals surface area contributed by atoms with E-state index in [-0.39, 0.29) is 5.78 Å². The number of hydrogen-bond acceptors (Lipinski definition) is 5. The highest BCUT2D eigenvalue weighted by Crippen LogP contribution is 2.29. The fourth-order valence-electron chi connectivity index (χ4n) is 2.51. The van der Waals surface area contributed by atoms with E-state index in [1.54, 1.807) is 51.7 Å². The van der Waals surface area contributed by atoms with Crippen molar-refractivity contribution in [2.24, 2.45) is 0 Å². The quantitative estimate of drug-likeness (QED) is 0.469. The molecule has 0 radical (unpaired) electrons. The summed E-state index contributed by atoms with van der Waals surface area (Å²) in [5.41, 5.74) is 8.36. The Bertz CT molecular complexity index is 796. The van der Waals surface area contributed by atoms with E-state index in [1.807, 2.05) is 19.1 Å². The van der Waals surface area contributed by atoms with Gasteiger partial charge in [0.2, 0.25) is 0 Å². The largest absolute Gasteiger partial charge is 0.497 e. The van der Waals surface area contributed by atoms with Crippen LogP contribution >= 0.6 is 0 Å². The molecule has 0 heterocycles. The van der Waals surface area contributed by atoms with Crippen LogP contribution in [-0.4, -0.2) is 27.1 Å². The maximum atomic E-state index is 13.0. The first kappa shape index (κ1) is 18.4. The SMILES string of the molecule is CCC(=Cc1ccc(N)c(OC)c1)C(=O)c1cc(OC)ccc1OC. The summed E-state index contributed by atoms with van der Waals surface area (Å²) in [6.07, 6.45) is 2.41. The highest BCUT2D eigenvalue weighted by Gasteiger charge is 2.17. The number of hydrogen-bond donors (Lipinski definition) is 1. The molecule has 132 valence electrons. The zero-order valence-electron chi connectivity index (χ0n) is 15.0. The molecule has 5 heteroatoms. The molecule has 0 unspecified atom stereocenters. The molecule has 2 aromatic rings. The Morgan fingerprint density at radius 1 is 1.00 bits per heavy atom. The van der Waals surface area contributed by atoms with E-state index < -0.39 is 0 Å². The number of ether oxygens (including phenoxy) is 3. The van der Waals surface area contributed by atoms with Crippen LogP contribution in [0.5, 0.6) is 17.2 Å². The van der Waals surface area contributed by atoms with Gasteiger partial charge in [-0.1, -0.05) is 13.0 Å². The summed E-state index contributed by atoms with van der Waals surface area (Å²) in [5.74, 6) is 1.60. The van der Waals surface area contributed by atoms with Gasteiger partial charge in [0, 0.05) is 5.57 Å². The van der Waals surface area contributed by atoms with Gasteiger partial charge < -0.3 is 19.9 Å². The zero-order chi connectivity index (χ0) is 18.4. The Kier molecular flexibility index (Phi) is 6.06. The summed E-state index contributed by atoms with van der Waals surface area (Å²) in [6, 6.07) is 10.6. The first-order valence-corrected chi connectivity index (χ1v) is 7.94. The fourth-order valence-corrected chi connectivity index (χ4v) is 2.51. The predicted molar refractivity (Wildman–Crippen MR) is 99.6 cm³/mol. The Morgan fingerprint density at radius 2 is 1.72 bits per heavy atom. The molecule has 0 aliphatic rings. The van der Waals surface area contributed by atoms with E-state index in [1.165, 1.54) is 0 Å². The molecule has 0 bridgehead atoms. The van der Waals surface area contributed by atoms with Crippen molar-refractivity contribution in [2.75, 3.05) is 27.1 Å². The van der Waals surface area contributed by atoms with Gasteiger partial charge in [-0.25, -0.2) is 0 Å². The van der Waals surface area contributed by atoms with Crippen LogP contribution < -0.4 is 19.9 Å². The third kappa shape index (κ3) is 4.12. The molecule has 0 aliphatic heterocycles. The molecular weight excluding hydrogens is 318 g/mol. The van der Waals surface area contributed by atoms with E-state index in [4.69, 9.17) is 19.9 Å². The maximum absolute atomic E-state index is 13.0. The van der Waals surface area contributed by atoms with Crippen molar-refractivity contribution in [3.8, 4) is 17.2 Å². The average Bonchev–Trinajstić information content (AvgIpc) is 2.66. The number of Topliss-reactive ketones (excluding diaryl/α,β-unsaturated/α-hetero) is 1. The normalized spacial score (nSPS) is 11.1. The molecule has 0 saturated carbocycles. The standard InChI is InChI=1S/C20H23NO4/c1-5-14(10-13-6-8-17(21)19(11-13)25-4)20(22)16-12-15(23-2)7-9-18(16)24-3/h6-12H,5,21H2,1-4H3. The van der Waals surface area contributed by atoms with E-state index >= 15 is 0 Å². The minimum atomic E-state index is -0.103. The lowest BCUT2D eigenvalue weighted by Crippen LogP contribution is -2.06. The lowest BCUT2D eigenvalue weighted by molar-refractivity contribution is 0.102. The first-order valence-electron chi connectivity index (χ1n) is 7.94. The van der Waals surface area contributed by atoms with Gasteiger partial charge in [-0.15, -0.1) is 0 Å². The highest BCUT2D eigenvalue weighted by molar-refractivity contribution is 6.13. The van der Waals surface area contributed by atoms with Crippen molar-refractivity contribution in [3.05, 3.63) is 53.1 Å². The third-order valence-corrected chi connectivity index (χ3v) is 3.92. The van der Waals surface area contributed by atoms with Crippen molar-refractivity contribution >= 4 is 17.5 Å². The molecule has 0 saturated heterocycles. The minimum absolute atomic E-state index is 0.103. The average molecular weight is 341 g/mol. The van der Waals surface area contributed by atoms with E-state index in [0.717, 1.165) is 5.56 Å². The maximum Gasteiger partial charge on any atom is 0.192 e. The molecule has 25 heavy (non-hydrogen) atoms. The van der Waals surface area contributed by atoms with E-state index in [2.05, 4.69) is 0 Å². The molecular formula is C20H23NO4. The topological polar surface area (TPSA) is 70.8 Å². The number of nitrogens with two attached hydrogens (primary N) is 1. The predicted octanol–water partition coefficient (Wildman–Crippen LogP) is 3.97. The zero-order valence-corrected chi connectivity index (χ0v) is 15.0. The number of anilines is 1. The molecule has 0 atom stereocenters. The number of nitrogen functional groups attached to an aromatic ring is 1. The molecule has 2 rings (SSSR count). The van der Waals surface area contributed by atoms with Crippen molar-refractivity contribution in [1.82, 2.24) is 0 Å². The molecule has 2 N–H and O–H groups in total. The summed E-state index contributed by atoms with van der Waals surface area (Å²) >= 11 is 0. The molecule has 0 aliphatic carbocycles. The van der Waals surface area contributed by atoms with Crippen LogP contribution in [0.1, 0.15) is 29.3 Å². The minimum Gasteiger partial charge on any atom is -0.497 e. The Morgan fingerprint density at radius 3 is 2.32 bits per heavy atom. The van der Waals surface area contributed by atoms with Crippen LogP contribution in [0, 0.1) is 0 Å². The van der Waals surface area contributed by atoms with Crippen LogP contribution in [0.25, 0.3) is 6.08 Å². The van der Waals surface area contributed by atoms with Gasteiger partial charge in [0.1, 0.15) is 17.2 Å². The number of carbonyl (C=O) groups excluding carboxylic acids is 1. The molecule has 0 spiro atoms. The van der Waals surface area contributed by atoms with Gasteiger partial charge in [0.05, 0.1) is 32.6 Å². The van der Waals surface area contributed by atoms with E-state index in [9.17, 15) is 4.79 Å². The number of allylic oxidation sites excluding steroid dienone is 1. The van der Waals surface area contributed by atoms with Gasteiger partial charge in [-0.2, -0.15) is 0 Å². The number of benzene rings is 2. The lowest BCUT2D eigenvalue weighted by Gasteiger charge is -2.11. The Labute approximate surface area is 148 Å². The molecule has 5 nitrogen and oxygen atoms in total. The molecule has 0 aromatic heterocycles. The third-order valence-electron chi connectivity index (χ3n) is 3.92. The second-order valence-electron chi connectivity index (χ2n) is 5.42. The van der Waals surface area contributed by atoms with Crippen LogP contribution in [-0.2, 0) is 0 Å². The molecule has 0 amide bonds. The van der Waals surface area contributed by atoms with Crippen molar-refractivity contribution < 1.29 is 19.0 Å². The van der Waals surface area contributed by atoms with Gasteiger partial charge in [0.15, 0.2) is 5.78 Å².